The second kappa shape index (κ2) is 9.44. The third kappa shape index (κ3) is 4.34. The lowest BCUT2D eigenvalue weighted by Gasteiger charge is -2.40. The van der Waals surface area contributed by atoms with Crippen LogP contribution in [0.15, 0.2) is 36.9 Å². The van der Waals surface area contributed by atoms with E-state index in [0.29, 0.717) is 11.2 Å². The van der Waals surface area contributed by atoms with Crippen molar-refractivity contribution < 1.29 is 14.6 Å². The van der Waals surface area contributed by atoms with Crippen molar-refractivity contribution in [1.82, 2.24) is 24.8 Å². The topological polar surface area (TPSA) is 105 Å². The molecule has 0 aliphatic carbocycles. The number of rotatable bonds is 3. The predicted molar refractivity (Wildman–Crippen MR) is 122 cm³/mol. The Kier molecular flexibility index (Phi) is 6.45. The number of hydrogen-bond donors (Lipinski definition) is 1. The zero-order valence-corrected chi connectivity index (χ0v) is 18.4. The molecule has 5 rings (SSSR count). The van der Waals surface area contributed by atoms with Crippen LogP contribution in [-0.4, -0.2) is 76.8 Å². The van der Waals surface area contributed by atoms with Crippen molar-refractivity contribution in [3.8, 4) is 17.1 Å². The van der Waals surface area contributed by atoms with E-state index in [4.69, 9.17) is 24.6 Å². The minimum Gasteiger partial charge on any atom is -0.494 e. The quantitative estimate of drug-likeness (QED) is 0.621. The van der Waals surface area contributed by atoms with Crippen molar-refractivity contribution in [3.05, 3.63) is 36.9 Å². The fourth-order valence-electron chi connectivity index (χ4n) is 4.81. The van der Waals surface area contributed by atoms with Gasteiger partial charge >= 0.3 is 0 Å². The maximum Gasteiger partial charge on any atom is 0.290 e. The Bertz CT molecular complexity index is 1070. The van der Waals surface area contributed by atoms with Gasteiger partial charge in [0.15, 0.2) is 5.82 Å². The fraction of sp³-hybridized carbons (Fsp3) is 0.435. The van der Waals surface area contributed by atoms with Crippen molar-refractivity contribution in [2.24, 2.45) is 5.41 Å². The van der Waals surface area contributed by atoms with E-state index < -0.39 is 0 Å². The number of nitrogens with zero attached hydrogens (tertiary/aromatic N) is 6. The maximum atomic E-state index is 8.36. The number of carbonyl (C=O) groups is 1. The van der Waals surface area contributed by atoms with Crippen LogP contribution in [0, 0.1) is 5.41 Å². The zero-order chi connectivity index (χ0) is 22.6. The summed E-state index contributed by atoms with van der Waals surface area (Å²) >= 11 is 0. The first-order chi connectivity index (χ1) is 15.6. The molecule has 9 heteroatoms. The van der Waals surface area contributed by atoms with Crippen LogP contribution >= 0.6 is 0 Å². The van der Waals surface area contributed by atoms with E-state index in [2.05, 4.69) is 26.8 Å². The highest BCUT2D eigenvalue weighted by molar-refractivity contribution is 5.95. The lowest BCUT2D eigenvalue weighted by molar-refractivity contribution is -0.122. The van der Waals surface area contributed by atoms with Crippen LogP contribution in [0.4, 0.5) is 5.82 Å². The normalized spacial score (nSPS) is 17.8. The predicted octanol–water partition coefficient (Wildman–Crippen LogP) is 2.72. The number of fused-ring (bicyclic) bond motifs is 1. The van der Waals surface area contributed by atoms with Gasteiger partial charge in [0.2, 0.25) is 0 Å². The van der Waals surface area contributed by atoms with Gasteiger partial charge in [0.1, 0.15) is 11.6 Å². The van der Waals surface area contributed by atoms with Gasteiger partial charge in [-0.3, -0.25) is 14.8 Å². The molecule has 32 heavy (non-hydrogen) atoms. The van der Waals surface area contributed by atoms with Crippen LogP contribution in [0.25, 0.3) is 22.3 Å². The largest absolute Gasteiger partial charge is 0.494 e. The molecule has 2 saturated heterocycles. The summed E-state index contributed by atoms with van der Waals surface area (Å²) in [6.45, 7) is 4.17. The Morgan fingerprint density at radius 2 is 1.75 bits per heavy atom. The van der Waals surface area contributed by atoms with Gasteiger partial charge < -0.3 is 19.6 Å². The number of methoxy groups -OCH3 is 1. The molecule has 2 fully saturated rings. The van der Waals surface area contributed by atoms with E-state index >= 15 is 0 Å². The van der Waals surface area contributed by atoms with Crippen LogP contribution in [-0.2, 0) is 4.79 Å². The minimum absolute atomic E-state index is 0.250. The van der Waals surface area contributed by atoms with Gasteiger partial charge in [-0.1, -0.05) is 0 Å². The van der Waals surface area contributed by atoms with E-state index in [9.17, 15) is 0 Å². The summed E-state index contributed by atoms with van der Waals surface area (Å²) in [5.74, 6) is 2.37. The molecule has 3 aromatic rings. The van der Waals surface area contributed by atoms with Gasteiger partial charge in [-0.05, 0) is 50.4 Å². The molecular formula is C23H28N6O3. The Balaban J connectivity index is 0.000000775. The SMILES string of the molecule is COc1cncc2nc(-c3ccncc3)nc(N3CCC4(CCN(C)C4)CC3)c12.O=CO. The van der Waals surface area contributed by atoms with Crippen LogP contribution in [0.2, 0.25) is 0 Å². The summed E-state index contributed by atoms with van der Waals surface area (Å²) in [7, 11) is 3.91. The van der Waals surface area contributed by atoms with Gasteiger partial charge in [0.25, 0.3) is 6.47 Å². The molecule has 1 N–H and O–H groups in total. The second-order valence-corrected chi connectivity index (χ2v) is 8.42. The van der Waals surface area contributed by atoms with Crippen LogP contribution < -0.4 is 9.64 Å². The van der Waals surface area contributed by atoms with Crippen molar-refractivity contribution in [1.29, 1.82) is 0 Å². The zero-order valence-electron chi connectivity index (χ0n) is 18.4. The molecule has 0 aromatic carbocycles. The van der Waals surface area contributed by atoms with E-state index in [1.54, 1.807) is 31.9 Å². The number of aromatic nitrogens is 4. The first-order valence-corrected chi connectivity index (χ1v) is 10.7. The lowest BCUT2D eigenvalue weighted by Crippen LogP contribution is -2.41. The maximum absolute atomic E-state index is 8.36. The smallest absolute Gasteiger partial charge is 0.290 e. The van der Waals surface area contributed by atoms with Crippen molar-refractivity contribution >= 4 is 23.2 Å². The Labute approximate surface area is 187 Å². The summed E-state index contributed by atoms with van der Waals surface area (Å²) in [5, 5.41) is 7.83. The summed E-state index contributed by atoms with van der Waals surface area (Å²) in [5.41, 5.74) is 2.23. The summed E-state index contributed by atoms with van der Waals surface area (Å²) in [6.07, 6.45) is 10.8. The fourth-order valence-corrected chi connectivity index (χ4v) is 4.81. The van der Waals surface area contributed by atoms with Gasteiger partial charge in [-0.25, -0.2) is 9.97 Å². The third-order valence-corrected chi connectivity index (χ3v) is 6.46. The monoisotopic (exact) mass is 436 g/mol. The van der Waals surface area contributed by atoms with Crippen LogP contribution in [0.1, 0.15) is 19.3 Å². The number of ether oxygens (including phenoxy) is 1. The van der Waals surface area contributed by atoms with Crippen molar-refractivity contribution in [3.63, 3.8) is 0 Å². The van der Waals surface area contributed by atoms with E-state index in [1.807, 2.05) is 12.1 Å². The molecule has 0 bridgehead atoms. The molecule has 5 heterocycles. The molecule has 2 aliphatic rings. The summed E-state index contributed by atoms with van der Waals surface area (Å²) < 4.78 is 5.63. The van der Waals surface area contributed by atoms with E-state index in [-0.39, 0.29) is 6.47 Å². The molecule has 3 aromatic heterocycles. The number of carboxylic acid groups (broad SMARTS) is 1. The number of anilines is 1. The van der Waals surface area contributed by atoms with Gasteiger partial charge in [-0.2, -0.15) is 0 Å². The molecular weight excluding hydrogens is 408 g/mol. The minimum atomic E-state index is -0.250. The summed E-state index contributed by atoms with van der Waals surface area (Å²) in [6, 6.07) is 3.89. The number of piperidine rings is 1. The molecule has 168 valence electrons. The third-order valence-electron chi connectivity index (χ3n) is 6.46. The van der Waals surface area contributed by atoms with Crippen LogP contribution in [0.5, 0.6) is 5.75 Å². The molecule has 0 saturated carbocycles. The highest BCUT2D eigenvalue weighted by Crippen LogP contribution is 2.42. The molecule has 9 nitrogen and oxygen atoms in total. The molecule has 0 radical (unpaired) electrons. The second-order valence-electron chi connectivity index (χ2n) is 8.42. The lowest BCUT2D eigenvalue weighted by atomic mass is 9.78. The van der Waals surface area contributed by atoms with E-state index in [1.165, 1.54) is 32.4 Å². The number of likely N-dealkylation sites (tertiary alicyclic amines) is 1. The molecule has 1 spiro atoms. The molecule has 0 amide bonds. The van der Waals surface area contributed by atoms with Gasteiger partial charge in [0, 0.05) is 37.6 Å². The van der Waals surface area contributed by atoms with Gasteiger partial charge in [-0.15, -0.1) is 0 Å². The first-order valence-electron chi connectivity index (χ1n) is 10.7. The van der Waals surface area contributed by atoms with Crippen LogP contribution in [0.3, 0.4) is 0 Å². The van der Waals surface area contributed by atoms with E-state index in [0.717, 1.165) is 41.1 Å². The molecule has 0 atom stereocenters. The van der Waals surface area contributed by atoms with Crippen molar-refractivity contribution in [2.75, 3.05) is 45.2 Å². The Hall–Kier alpha value is -3.33. The highest BCUT2D eigenvalue weighted by Gasteiger charge is 2.40. The van der Waals surface area contributed by atoms with Gasteiger partial charge in [0.05, 0.1) is 30.4 Å². The average Bonchev–Trinajstić information content (AvgIpc) is 3.19. The molecule has 0 unspecified atom stereocenters. The van der Waals surface area contributed by atoms with Crippen molar-refractivity contribution in [2.45, 2.75) is 19.3 Å². The molecule has 2 aliphatic heterocycles. The number of pyridine rings is 2. The first kappa shape index (κ1) is 21.9. The average molecular weight is 437 g/mol. The summed E-state index contributed by atoms with van der Waals surface area (Å²) in [4.78, 5) is 31.4. The number of hydrogen-bond acceptors (Lipinski definition) is 8. The highest BCUT2D eigenvalue weighted by atomic mass is 16.5. The Morgan fingerprint density at radius 1 is 1.06 bits per heavy atom. The standard InChI is InChI=1S/C22H26N6O.CH2O2/c1-27-10-5-22(15-27)6-11-28(12-7-22)21-19-17(13-24-14-18(19)29-2)25-20(26-21)16-3-8-23-9-4-16;2-1-3/h3-4,8-9,13-14H,5-7,10-12,15H2,1-2H3;1H,(H,2,3). The Morgan fingerprint density at radius 3 is 2.38 bits per heavy atom.